The molecule has 90 valence electrons. The van der Waals surface area contributed by atoms with Crippen LogP contribution in [0.3, 0.4) is 0 Å². The summed E-state index contributed by atoms with van der Waals surface area (Å²) in [6.45, 7) is 0. The molecule has 2 aromatic heterocycles. The smallest absolute Gasteiger partial charge is 0.331 e. The van der Waals surface area contributed by atoms with Crippen molar-refractivity contribution in [3.8, 4) is 6.07 Å². The van der Waals surface area contributed by atoms with Gasteiger partial charge in [-0.25, -0.2) is 9.78 Å². The quantitative estimate of drug-likeness (QED) is 0.879. The molecule has 0 saturated heterocycles. The first kappa shape index (κ1) is 12.1. The third-order valence-electron chi connectivity index (χ3n) is 2.28. The normalized spacial score (nSPS) is 11.5. The number of anilines is 1. The number of carboxylic acid groups (broad SMARTS) is 1. The molecule has 0 fully saturated rings. The van der Waals surface area contributed by atoms with E-state index in [9.17, 15) is 9.90 Å². The second-order valence-electron chi connectivity index (χ2n) is 3.44. The molecule has 0 aliphatic heterocycles. The van der Waals surface area contributed by atoms with Crippen molar-refractivity contribution in [2.24, 2.45) is 0 Å². The molecule has 0 radical (unpaired) electrons. The lowest BCUT2D eigenvalue weighted by atomic mass is 10.2. The van der Waals surface area contributed by atoms with Crippen LogP contribution in [0.15, 0.2) is 35.8 Å². The highest BCUT2D eigenvalue weighted by Gasteiger charge is 2.22. The van der Waals surface area contributed by atoms with Crippen LogP contribution in [0, 0.1) is 11.3 Å². The molecular weight excluding hydrogens is 250 g/mol. The van der Waals surface area contributed by atoms with Crippen LogP contribution in [0.2, 0.25) is 0 Å². The van der Waals surface area contributed by atoms with Crippen molar-refractivity contribution in [2.45, 2.75) is 6.04 Å². The summed E-state index contributed by atoms with van der Waals surface area (Å²) in [5, 5.41) is 22.7. The van der Waals surface area contributed by atoms with Gasteiger partial charge in [0.2, 0.25) is 0 Å². The number of aromatic nitrogens is 1. The summed E-state index contributed by atoms with van der Waals surface area (Å²) in [6.07, 6.45) is 1.51. The van der Waals surface area contributed by atoms with E-state index in [0.717, 1.165) is 0 Å². The van der Waals surface area contributed by atoms with Crippen LogP contribution in [-0.2, 0) is 4.79 Å². The zero-order valence-electron chi connectivity index (χ0n) is 9.20. The van der Waals surface area contributed by atoms with Gasteiger partial charge >= 0.3 is 5.97 Å². The van der Waals surface area contributed by atoms with Crippen molar-refractivity contribution < 1.29 is 9.90 Å². The number of nitrogens with zero attached hydrogens (tertiary/aromatic N) is 2. The number of nitriles is 1. The predicted molar refractivity (Wildman–Crippen MR) is 67.3 cm³/mol. The Kier molecular flexibility index (Phi) is 3.55. The number of carboxylic acids is 1. The van der Waals surface area contributed by atoms with Crippen LogP contribution in [0.1, 0.15) is 16.5 Å². The highest BCUT2D eigenvalue weighted by molar-refractivity contribution is 7.10. The lowest BCUT2D eigenvalue weighted by Crippen LogP contribution is -2.20. The molecule has 0 bridgehead atoms. The van der Waals surface area contributed by atoms with Crippen molar-refractivity contribution in [1.29, 1.82) is 5.26 Å². The van der Waals surface area contributed by atoms with E-state index in [0.29, 0.717) is 10.4 Å². The zero-order valence-corrected chi connectivity index (χ0v) is 10.0. The second-order valence-corrected chi connectivity index (χ2v) is 4.42. The van der Waals surface area contributed by atoms with Gasteiger partial charge in [0, 0.05) is 11.1 Å². The van der Waals surface area contributed by atoms with Gasteiger partial charge in [-0.1, -0.05) is 6.07 Å². The summed E-state index contributed by atoms with van der Waals surface area (Å²) < 4.78 is 0. The lowest BCUT2D eigenvalue weighted by molar-refractivity contribution is -0.138. The van der Waals surface area contributed by atoms with E-state index in [2.05, 4.69) is 10.3 Å². The molecule has 18 heavy (non-hydrogen) atoms. The summed E-state index contributed by atoms with van der Waals surface area (Å²) in [4.78, 5) is 15.9. The molecule has 2 aromatic rings. The monoisotopic (exact) mass is 259 g/mol. The number of rotatable bonds is 4. The summed E-state index contributed by atoms with van der Waals surface area (Å²) in [6, 6.07) is 7.80. The minimum Gasteiger partial charge on any atom is -0.479 e. The topological polar surface area (TPSA) is 86.0 Å². The Hall–Kier alpha value is -2.39. The summed E-state index contributed by atoms with van der Waals surface area (Å²) in [5.74, 6) is -0.729. The minimum atomic E-state index is -1.01. The maximum Gasteiger partial charge on any atom is 0.331 e. The van der Waals surface area contributed by atoms with E-state index < -0.39 is 12.0 Å². The third-order valence-corrected chi connectivity index (χ3v) is 3.22. The molecule has 0 amide bonds. The Morgan fingerprint density at radius 3 is 2.94 bits per heavy atom. The van der Waals surface area contributed by atoms with Gasteiger partial charge in [0.05, 0.1) is 5.56 Å². The maximum absolute atomic E-state index is 11.2. The molecule has 2 rings (SSSR count). The fourth-order valence-electron chi connectivity index (χ4n) is 1.46. The predicted octanol–water partition coefficient (Wildman–Crippen LogP) is 2.25. The summed E-state index contributed by atoms with van der Waals surface area (Å²) in [7, 11) is 0. The molecule has 0 saturated carbocycles. The van der Waals surface area contributed by atoms with Crippen LogP contribution >= 0.6 is 11.3 Å². The Balaban J connectivity index is 2.31. The summed E-state index contributed by atoms with van der Waals surface area (Å²) in [5.41, 5.74) is 0.320. The molecule has 0 aliphatic carbocycles. The second kappa shape index (κ2) is 5.29. The van der Waals surface area contributed by atoms with E-state index in [1.807, 2.05) is 6.07 Å². The maximum atomic E-state index is 11.2. The number of thiophene rings is 1. The van der Waals surface area contributed by atoms with Crippen LogP contribution < -0.4 is 5.32 Å². The van der Waals surface area contributed by atoms with Crippen molar-refractivity contribution in [1.82, 2.24) is 4.98 Å². The lowest BCUT2D eigenvalue weighted by Gasteiger charge is -2.14. The first-order chi connectivity index (χ1) is 8.72. The van der Waals surface area contributed by atoms with E-state index in [1.165, 1.54) is 17.5 Å². The molecule has 2 N–H and O–H groups in total. The molecule has 0 aromatic carbocycles. The number of aliphatic carboxylic acids is 1. The van der Waals surface area contributed by atoms with Gasteiger partial charge < -0.3 is 10.4 Å². The van der Waals surface area contributed by atoms with Crippen LogP contribution in [0.4, 0.5) is 5.82 Å². The van der Waals surface area contributed by atoms with E-state index in [-0.39, 0.29) is 5.82 Å². The van der Waals surface area contributed by atoms with Crippen molar-refractivity contribution >= 4 is 23.1 Å². The molecule has 2 heterocycles. The average Bonchev–Trinajstić information content (AvgIpc) is 2.89. The van der Waals surface area contributed by atoms with Crippen molar-refractivity contribution in [2.75, 3.05) is 5.32 Å². The van der Waals surface area contributed by atoms with Gasteiger partial charge in [-0.15, -0.1) is 11.3 Å². The largest absolute Gasteiger partial charge is 0.479 e. The van der Waals surface area contributed by atoms with Gasteiger partial charge in [0.25, 0.3) is 0 Å². The Morgan fingerprint density at radius 1 is 1.50 bits per heavy atom. The highest BCUT2D eigenvalue weighted by Crippen LogP contribution is 2.24. The fraction of sp³-hybridized carbons (Fsp3) is 0.0833. The first-order valence-corrected chi connectivity index (χ1v) is 5.98. The molecule has 0 aliphatic rings. The SMILES string of the molecule is N#Cc1cccnc1NC(C(=O)O)c1cccs1. The molecule has 5 nitrogen and oxygen atoms in total. The van der Waals surface area contributed by atoms with E-state index >= 15 is 0 Å². The average molecular weight is 259 g/mol. The summed E-state index contributed by atoms with van der Waals surface area (Å²) >= 11 is 1.34. The van der Waals surface area contributed by atoms with Crippen molar-refractivity contribution in [3.63, 3.8) is 0 Å². The van der Waals surface area contributed by atoms with Gasteiger partial charge in [-0.2, -0.15) is 5.26 Å². The molecule has 1 atom stereocenters. The first-order valence-electron chi connectivity index (χ1n) is 5.10. The molecule has 1 unspecified atom stereocenters. The van der Waals surface area contributed by atoms with E-state index in [4.69, 9.17) is 5.26 Å². The molecule has 6 heteroatoms. The third kappa shape index (κ3) is 2.47. The van der Waals surface area contributed by atoms with Gasteiger partial charge in [-0.3, -0.25) is 0 Å². The number of carbonyl (C=O) groups is 1. The van der Waals surface area contributed by atoms with Gasteiger partial charge in [0.1, 0.15) is 11.9 Å². The minimum absolute atomic E-state index is 0.279. The standard InChI is InChI=1S/C12H9N3O2S/c13-7-8-3-1-5-14-11(8)15-10(12(16)17)9-4-2-6-18-9/h1-6,10H,(H,14,15)(H,16,17). The van der Waals surface area contributed by atoms with Crippen LogP contribution in [0.25, 0.3) is 0 Å². The number of hydrogen-bond donors (Lipinski definition) is 2. The van der Waals surface area contributed by atoms with Crippen molar-refractivity contribution in [3.05, 3.63) is 46.3 Å². The fourth-order valence-corrected chi connectivity index (χ4v) is 2.22. The number of pyridine rings is 1. The van der Waals surface area contributed by atoms with Gasteiger partial charge in [0.15, 0.2) is 6.04 Å². The Labute approximate surface area is 107 Å². The Bertz CT molecular complexity index is 590. The number of nitrogens with one attached hydrogen (secondary N) is 1. The molecule has 0 spiro atoms. The molecular formula is C12H9N3O2S. The Morgan fingerprint density at radius 2 is 2.33 bits per heavy atom. The zero-order chi connectivity index (χ0) is 13.0. The van der Waals surface area contributed by atoms with Gasteiger partial charge in [-0.05, 0) is 23.6 Å². The highest BCUT2D eigenvalue weighted by atomic mass is 32.1. The van der Waals surface area contributed by atoms with Crippen LogP contribution in [-0.4, -0.2) is 16.1 Å². The number of hydrogen-bond acceptors (Lipinski definition) is 5. The van der Waals surface area contributed by atoms with E-state index in [1.54, 1.807) is 29.6 Å². The van der Waals surface area contributed by atoms with Crippen LogP contribution in [0.5, 0.6) is 0 Å².